The van der Waals surface area contributed by atoms with Crippen molar-refractivity contribution in [1.82, 2.24) is 9.97 Å². The van der Waals surface area contributed by atoms with Gasteiger partial charge in [0.2, 0.25) is 5.95 Å². The maximum absolute atomic E-state index is 5.88. The lowest BCUT2D eigenvalue weighted by atomic mass is 10.2. The minimum absolute atomic E-state index is 0.390. The largest absolute Gasteiger partial charge is 0.368 e. The molecule has 2 N–H and O–H groups in total. The minimum atomic E-state index is 0.390. The van der Waals surface area contributed by atoms with Gasteiger partial charge in [0.25, 0.3) is 0 Å². The van der Waals surface area contributed by atoms with Gasteiger partial charge in [-0.15, -0.1) is 11.3 Å². The number of hydrogen-bond acceptors (Lipinski definition) is 5. The van der Waals surface area contributed by atoms with Gasteiger partial charge in [0.05, 0.1) is 5.39 Å². The molecule has 0 amide bonds. The second kappa shape index (κ2) is 4.96. The predicted octanol–water partition coefficient (Wildman–Crippen LogP) is 3.35. The van der Waals surface area contributed by atoms with Gasteiger partial charge in [0.15, 0.2) is 0 Å². The Kier molecular flexibility index (Phi) is 3.31. The van der Waals surface area contributed by atoms with E-state index in [1.165, 1.54) is 30.6 Å². The Morgan fingerprint density at radius 2 is 2.11 bits per heavy atom. The third kappa shape index (κ3) is 2.27. The van der Waals surface area contributed by atoms with E-state index < -0.39 is 0 Å². The monoisotopic (exact) mass is 276 g/mol. The molecule has 2 heterocycles. The van der Waals surface area contributed by atoms with Gasteiger partial charge >= 0.3 is 0 Å². The van der Waals surface area contributed by atoms with Crippen LogP contribution in [0.4, 0.5) is 11.8 Å². The fourth-order valence-electron chi connectivity index (χ4n) is 3.06. The van der Waals surface area contributed by atoms with Crippen molar-refractivity contribution in [2.24, 2.45) is 0 Å². The summed E-state index contributed by atoms with van der Waals surface area (Å²) in [4.78, 5) is 13.6. The molecule has 0 atom stereocenters. The lowest BCUT2D eigenvalue weighted by Crippen LogP contribution is -2.34. The molecular weight excluding hydrogens is 256 g/mol. The van der Waals surface area contributed by atoms with Crippen molar-refractivity contribution < 1.29 is 0 Å². The quantitative estimate of drug-likeness (QED) is 0.934. The number of hydrogen-bond donors (Lipinski definition) is 1. The minimum Gasteiger partial charge on any atom is -0.368 e. The van der Waals surface area contributed by atoms with Crippen LogP contribution in [0, 0.1) is 6.92 Å². The van der Waals surface area contributed by atoms with Crippen LogP contribution >= 0.6 is 11.3 Å². The number of rotatable bonds is 3. The molecule has 0 aliphatic heterocycles. The van der Waals surface area contributed by atoms with E-state index in [1.807, 2.05) is 0 Å². The van der Waals surface area contributed by atoms with Gasteiger partial charge < -0.3 is 10.6 Å². The third-order valence-electron chi connectivity index (χ3n) is 3.89. The molecule has 3 rings (SSSR count). The summed E-state index contributed by atoms with van der Waals surface area (Å²) in [6.07, 6.45) is 5.19. The Labute approximate surface area is 117 Å². The van der Waals surface area contributed by atoms with E-state index >= 15 is 0 Å². The molecule has 19 heavy (non-hydrogen) atoms. The Morgan fingerprint density at radius 1 is 1.37 bits per heavy atom. The van der Waals surface area contributed by atoms with E-state index in [4.69, 9.17) is 5.73 Å². The van der Waals surface area contributed by atoms with Crippen LogP contribution in [0.2, 0.25) is 0 Å². The highest BCUT2D eigenvalue weighted by Crippen LogP contribution is 2.34. The summed E-state index contributed by atoms with van der Waals surface area (Å²) >= 11 is 1.69. The van der Waals surface area contributed by atoms with Crippen molar-refractivity contribution in [2.75, 3.05) is 17.2 Å². The molecule has 1 aliphatic rings. The first-order chi connectivity index (χ1) is 9.19. The zero-order valence-electron chi connectivity index (χ0n) is 11.5. The summed E-state index contributed by atoms with van der Waals surface area (Å²) in [5.74, 6) is 1.42. The highest BCUT2D eigenvalue weighted by atomic mass is 32.1. The summed E-state index contributed by atoms with van der Waals surface area (Å²) in [5, 5.41) is 1.16. The maximum atomic E-state index is 5.88. The lowest BCUT2D eigenvalue weighted by molar-refractivity contribution is 0.615. The Hall–Kier alpha value is -1.36. The lowest BCUT2D eigenvalue weighted by Gasteiger charge is -2.29. The number of thiophene rings is 1. The molecule has 0 saturated heterocycles. The molecule has 2 aromatic rings. The molecule has 2 aromatic heterocycles. The van der Waals surface area contributed by atoms with Crippen LogP contribution in [0.5, 0.6) is 0 Å². The summed E-state index contributed by atoms with van der Waals surface area (Å²) in [6.45, 7) is 5.28. The van der Waals surface area contributed by atoms with Crippen molar-refractivity contribution >= 4 is 33.3 Å². The van der Waals surface area contributed by atoms with Gasteiger partial charge in [0.1, 0.15) is 10.6 Å². The standard InChI is InChI=1S/C14H20N4S/c1-3-18(10-6-4-5-7-10)12-11-8-9(2)19-13(11)17-14(15)16-12/h8,10H,3-7H2,1-2H3,(H2,15,16,17). The molecule has 0 aromatic carbocycles. The second-order valence-electron chi connectivity index (χ2n) is 5.21. The van der Waals surface area contributed by atoms with E-state index in [0.717, 1.165) is 22.6 Å². The predicted molar refractivity (Wildman–Crippen MR) is 81.8 cm³/mol. The van der Waals surface area contributed by atoms with Crippen molar-refractivity contribution in [1.29, 1.82) is 0 Å². The first kappa shape index (κ1) is 12.7. The van der Waals surface area contributed by atoms with Crippen LogP contribution < -0.4 is 10.6 Å². The van der Waals surface area contributed by atoms with Gasteiger partial charge in [0, 0.05) is 17.5 Å². The number of aryl methyl sites for hydroxylation is 1. The zero-order valence-corrected chi connectivity index (χ0v) is 12.3. The molecule has 1 saturated carbocycles. The first-order valence-electron chi connectivity index (χ1n) is 6.99. The summed E-state index contributed by atoms with van der Waals surface area (Å²) in [5.41, 5.74) is 5.88. The van der Waals surface area contributed by atoms with Crippen LogP contribution in [0.25, 0.3) is 10.2 Å². The van der Waals surface area contributed by atoms with Crippen LogP contribution in [0.3, 0.4) is 0 Å². The zero-order chi connectivity index (χ0) is 13.4. The third-order valence-corrected chi connectivity index (χ3v) is 4.84. The van der Waals surface area contributed by atoms with Crippen molar-refractivity contribution in [3.63, 3.8) is 0 Å². The smallest absolute Gasteiger partial charge is 0.223 e. The van der Waals surface area contributed by atoms with E-state index in [2.05, 4.69) is 34.8 Å². The Balaban J connectivity index is 2.10. The molecule has 0 unspecified atom stereocenters. The normalized spacial score (nSPS) is 16.3. The van der Waals surface area contributed by atoms with Crippen molar-refractivity contribution in [3.05, 3.63) is 10.9 Å². The molecule has 102 valence electrons. The van der Waals surface area contributed by atoms with E-state index in [-0.39, 0.29) is 0 Å². The maximum Gasteiger partial charge on any atom is 0.223 e. The first-order valence-corrected chi connectivity index (χ1v) is 7.81. The number of anilines is 2. The number of fused-ring (bicyclic) bond motifs is 1. The Bertz CT molecular complexity index is 586. The van der Waals surface area contributed by atoms with E-state index in [0.29, 0.717) is 12.0 Å². The number of nitrogen functional groups attached to an aromatic ring is 1. The van der Waals surface area contributed by atoms with Crippen molar-refractivity contribution in [2.45, 2.75) is 45.6 Å². The highest BCUT2D eigenvalue weighted by molar-refractivity contribution is 7.18. The molecule has 0 spiro atoms. The molecule has 0 bridgehead atoms. The number of nitrogens with zero attached hydrogens (tertiary/aromatic N) is 3. The van der Waals surface area contributed by atoms with Crippen LogP contribution in [-0.2, 0) is 0 Å². The van der Waals surface area contributed by atoms with Gasteiger partial charge in [-0.25, -0.2) is 4.98 Å². The second-order valence-corrected chi connectivity index (χ2v) is 6.44. The fraction of sp³-hybridized carbons (Fsp3) is 0.571. The van der Waals surface area contributed by atoms with Gasteiger partial charge in [-0.2, -0.15) is 4.98 Å². The molecule has 1 aliphatic carbocycles. The van der Waals surface area contributed by atoms with Crippen LogP contribution in [0.15, 0.2) is 6.07 Å². The highest BCUT2D eigenvalue weighted by Gasteiger charge is 2.25. The number of aromatic nitrogens is 2. The van der Waals surface area contributed by atoms with Crippen molar-refractivity contribution in [3.8, 4) is 0 Å². The van der Waals surface area contributed by atoms with Gasteiger partial charge in [-0.3, -0.25) is 0 Å². The fourth-order valence-corrected chi connectivity index (χ4v) is 3.94. The Morgan fingerprint density at radius 3 is 2.79 bits per heavy atom. The molecular formula is C14H20N4S. The topological polar surface area (TPSA) is 55.0 Å². The molecule has 5 heteroatoms. The average Bonchev–Trinajstić information content (AvgIpc) is 2.98. The molecule has 0 radical (unpaired) electrons. The van der Waals surface area contributed by atoms with E-state index in [1.54, 1.807) is 11.3 Å². The van der Waals surface area contributed by atoms with Crippen LogP contribution in [0.1, 0.15) is 37.5 Å². The van der Waals surface area contributed by atoms with Gasteiger partial charge in [-0.05, 0) is 32.8 Å². The molecule has 4 nitrogen and oxygen atoms in total. The van der Waals surface area contributed by atoms with Crippen LogP contribution in [-0.4, -0.2) is 22.6 Å². The summed E-state index contributed by atoms with van der Waals surface area (Å²) < 4.78 is 0. The summed E-state index contributed by atoms with van der Waals surface area (Å²) in [6, 6.07) is 2.80. The van der Waals surface area contributed by atoms with E-state index in [9.17, 15) is 0 Å². The summed E-state index contributed by atoms with van der Waals surface area (Å²) in [7, 11) is 0. The average molecular weight is 276 g/mol. The number of nitrogens with two attached hydrogens (primary N) is 1. The molecule has 1 fully saturated rings. The SMILES string of the molecule is CCN(c1nc(N)nc2sc(C)cc12)C1CCCC1. The van der Waals surface area contributed by atoms with Gasteiger partial charge in [-0.1, -0.05) is 12.8 Å².